The standard InChI is InChI=1S/C18H19NO2/c1-14-6-3-4-8-18(14)21-13-16-12-17(20-2)10-9-15(16)7-5-11-19/h3-4,6,8-10,12H,11,13,19H2,1-2H3. The van der Waals surface area contributed by atoms with Crippen molar-refractivity contribution in [2.24, 2.45) is 5.73 Å². The van der Waals surface area contributed by atoms with E-state index in [0.717, 1.165) is 28.2 Å². The van der Waals surface area contributed by atoms with Crippen molar-refractivity contribution in [1.29, 1.82) is 0 Å². The van der Waals surface area contributed by atoms with Gasteiger partial charge in [-0.15, -0.1) is 0 Å². The molecule has 0 fully saturated rings. The fourth-order valence-corrected chi connectivity index (χ4v) is 1.96. The largest absolute Gasteiger partial charge is 0.497 e. The number of hydrogen-bond acceptors (Lipinski definition) is 3. The van der Waals surface area contributed by atoms with E-state index in [0.29, 0.717) is 13.2 Å². The molecule has 2 N–H and O–H groups in total. The van der Waals surface area contributed by atoms with Crippen molar-refractivity contribution in [2.45, 2.75) is 13.5 Å². The molecule has 0 aliphatic rings. The van der Waals surface area contributed by atoms with E-state index in [2.05, 4.69) is 11.8 Å². The predicted molar refractivity (Wildman–Crippen MR) is 84.4 cm³/mol. The third-order valence-corrected chi connectivity index (χ3v) is 3.11. The van der Waals surface area contributed by atoms with Gasteiger partial charge in [0.2, 0.25) is 0 Å². The molecular weight excluding hydrogens is 262 g/mol. The normalized spacial score (nSPS) is 9.67. The fraction of sp³-hybridized carbons (Fsp3) is 0.222. The maximum absolute atomic E-state index is 5.89. The minimum atomic E-state index is 0.337. The number of aryl methyl sites for hydroxylation is 1. The summed E-state index contributed by atoms with van der Waals surface area (Å²) < 4.78 is 11.2. The molecule has 2 aromatic carbocycles. The second kappa shape index (κ2) is 7.37. The Kier molecular flexibility index (Phi) is 5.25. The number of methoxy groups -OCH3 is 1. The second-order valence-corrected chi connectivity index (χ2v) is 4.58. The van der Waals surface area contributed by atoms with E-state index in [1.807, 2.05) is 49.4 Å². The number of nitrogens with two attached hydrogens (primary N) is 1. The molecule has 0 radical (unpaired) electrons. The minimum absolute atomic E-state index is 0.337. The Balaban J connectivity index is 2.23. The first-order valence-electron chi connectivity index (χ1n) is 6.79. The highest BCUT2D eigenvalue weighted by Gasteiger charge is 2.05. The number of benzene rings is 2. The van der Waals surface area contributed by atoms with Crippen molar-refractivity contribution < 1.29 is 9.47 Å². The van der Waals surface area contributed by atoms with E-state index in [-0.39, 0.29) is 0 Å². The molecule has 0 aromatic heterocycles. The average molecular weight is 281 g/mol. The van der Waals surface area contributed by atoms with E-state index < -0.39 is 0 Å². The molecule has 0 aliphatic carbocycles. The van der Waals surface area contributed by atoms with Crippen LogP contribution >= 0.6 is 0 Å². The number of ether oxygens (including phenoxy) is 2. The van der Waals surface area contributed by atoms with E-state index in [1.165, 1.54) is 0 Å². The van der Waals surface area contributed by atoms with Crippen molar-refractivity contribution in [3.05, 3.63) is 59.2 Å². The molecule has 0 atom stereocenters. The highest BCUT2D eigenvalue weighted by molar-refractivity contribution is 5.45. The van der Waals surface area contributed by atoms with Crippen LogP contribution in [0.2, 0.25) is 0 Å². The molecule has 0 spiro atoms. The lowest BCUT2D eigenvalue weighted by atomic mass is 10.1. The topological polar surface area (TPSA) is 44.5 Å². The fourth-order valence-electron chi connectivity index (χ4n) is 1.96. The van der Waals surface area contributed by atoms with Gasteiger partial charge in [-0.1, -0.05) is 30.0 Å². The summed E-state index contributed by atoms with van der Waals surface area (Å²) in [6.45, 7) is 2.80. The van der Waals surface area contributed by atoms with Gasteiger partial charge >= 0.3 is 0 Å². The number of para-hydroxylation sites is 1. The van der Waals surface area contributed by atoms with Gasteiger partial charge in [0, 0.05) is 11.1 Å². The molecule has 2 aromatic rings. The van der Waals surface area contributed by atoms with Crippen LogP contribution in [0.25, 0.3) is 0 Å². The molecule has 0 heterocycles. The van der Waals surface area contributed by atoms with Gasteiger partial charge in [-0.05, 0) is 36.8 Å². The summed E-state index contributed by atoms with van der Waals surface area (Å²) in [4.78, 5) is 0. The molecule has 3 nitrogen and oxygen atoms in total. The van der Waals surface area contributed by atoms with Crippen LogP contribution in [-0.2, 0) is 6.61 Å². The molecule has 0 saturated heterocycles. The summed E-state index contributed by atoms with van der Waals surface area (Å²) in [6.07, 6.45) is 0. The van der Waals surface area contributed by atoms with Crippen LogP contribution in [0.15, 0.2) is 42.5 Å². The average Bonchev–Trinajstić information content (AvgIpc) is 2.52. The Morgan fingerprint density at radius 2 is 1.95 bits per heavy atom. The Bertz CT molecular complexity index is 668. The van der Waals surface area contributed by atoms with Crippen LogP contribution in [0.4, 0.5) is 0 Å². The summed E-state index contributed by atoms with van der Waals surface area (Å²) in [6, 6.07) is 13.7. The summed E-state index contributed by atoms with van der Waals surface area (Å²) in [5.74, 6) is 7.60. The van der Waals surface area contributed by atoms with Gasteiger partial charge in [0.05, 0.1) is 13.7 Å². The zero-order valence-electron chi connectivity index (χ0n) is 12.3. The lowest BCUT2D eigenvalue weighted by molar-refractivity contribution is 0.303. The summed E-state index contributed by atoms with van der Waals surface area (Å²) in [5, 5.41) is 0. The van der Waals surface area contributed by atoms with Crippen LogP contribution < -0.4 is 15.2 Å². The Morgan fingerprint density at radius 1 is 1.14 bits per heavy atom. The van der Waals surface area contributed by atoms with E-state index >= 15 is 0 Å². The summed E-state index contributed by atoms with van der Waals surface area (Å²) in [5.41, 5.74) is 8.44. The van der Waals surface area contributed by atoms with Gasteiger partial charge in [-0.2, -0.15) is 0 Å². The molecule has 108 valence electrons. The first-order valence-corrected chi connectivity index (χ1v) is 6.79. The van der Waals surface area contributed by atoms with Gasteiger partial charge in [0.25, 0.3) is 0 Å². The lowest BCUT2D eigenvalue weighted by Gasteiger charge is -2.11. The van der Waals surface area contributed by atoms with Crippen LogP contribution in [0.3, 0.4) is 0 Å². The van der Waals surface area contributed by atoms with Gasteiger partial charge in [-0.25, -0.2) is 0 Å². The molecule has 2 rings (SSSR count). The Hall–Kier alpha value is -2.44. The molecular formula is C18H19NO2. The van der Waals surface area contributed by atoms with Crippen LogP contribution in [-0.4, -0.2) is 13.7 Å². The Labute approximate surface area is 125 Å². The number of rotatable bonds is 4. The molecule has 3 heteroatoms. The van der Waals surface area contributed by atoms with Crippen molar-refractivity contribution >= 4 is 0 Å². The highest BCUT2D eigenvalue weighted by Crippen LogP contribution is 2.21. The van der Waals surface area contributed by atoms with Crippen molar-refractivity contribution in [3.8, 4) is 23.3 Å². The predicted octanol–water partition coefficient (Wildman–Crippen LogP) is 2.89. The molecule has 21 heavy (non-hydrogen) atoms. The quantitative estimate of drug-likeness (QED) is 0.876. The molecule has 0 amide bonds. The lowest BCUT2D eigenvalue weighted by Crippen LogP contribution is -2.01. The molecule has 0 unspecified atom stereocenters. The van der Waals surface area contributed by atoms with Crippen molar-refractivity contribution in [3.63, 3.8) is 0 Å². The van der Waals surface area contributed by atoms with Gasteiger partial charge in [0.1, 0.15) is 18.1 Å². The Morgan fingerprint density at radius 3 is 2.67 bits per heavy atom. The number of hydrogen-bond donors (Lipinski definition) is 1. The SMILES string of the molecule is COc1ccc(C#CCN)c(COc2ccccc2C)c1. The zero-order chi connectivity index (χ0) is 15.1. The smallest absolute Gasteiger partial charge is 0.122 e. The molecule has 0 saturated carbocycles. The van der Waals surface area contributed by atoms with E-state index in [4.69, 9.17) is 15.2 Å². The first kappa shape index (κ1) is 15.0. The van der Waals surface area contributed by atoms with Crippen molar-refractivity contribution in [2.75, 3.05) is 13.7 Å². The van der Waals surface area contributed by atoms with Crippen LogP contribution in [0, 0.1) is 18.8 Å². The third kappa shape index (κ3) is 4.01. The van der Waals surface area contributed by atoms with Gasteiger partial charge in [0.15, 0.2) is 0 Å². The van der Waals surface area contributed by atoms with E-state index in [9.17, 15) is 0 Å². The second-order valence-electron chi connectivity index (χ2n) is 4.58. The maximum Gasteiger partial charge on any atom is 0.122 e. The first-order chi connectivity index (χ1) is 10.2. The van der Waals surface area contributed by atoms with Gasteiger partial charge < -0.3 is 15.2 Å². The zero-order valence-corrected chi connectivity index (χ0v) is 12.3. The molecule has 0 aliphatic heterocycles. The monoisotopic (exact) mass is 281 g/mol. The third-order valence-electron chi connectivity index (χ3n) is 3.11. The highest BCUT2D eigenvalue weighted by atomic mass is 16.5. The van der Waals surface area contributed by atoms with Gasteiger partial charge in [-0.3, -0.25) is 0 Å². The maximum atomic E-state index is 5.89. The van der Waals surface area contributed by atoms with Crippen LogP contribution in [0.1, 0.15) is 16.7 Å². The van der Waals surface area contributed by atoms with Crippen molar-refractivity contribution in [1.82, 2.24) is 0 Å². The summed E-state index contributed by atoms with van der Waals surface area (Å²) >= 11 is 0. The summed E-state index contributed by atoms with van der Waals surface area (Å²) in [7, 11) is 1.65. The molecule has 0 bridgehead atoms. The minimum Gasteiger partial charge on any atom is -0.497 e. The van der Waals surface area contributed by atoms with Crippen LogP contribution in [0.5, 0.6) is 11.5 Å². The van der Waals surface area contributed by atoms with E-state index in [1.54, 1.807) is 7.11 Å².